The summed E-state index contributed by atoms with van der Waals surface area (Å²) < 4.78 is 0. The van der Waals surface area contributed by atoms with E-state index in [1.165, 1.54) is 5.01 Å². The van der Waals surface area contributed by atoms with E-state index in [0.29, 0.717) is 30.0 Å². The first-order valence-electron chi connectivity index (χ1n) is 9.69. The first kappa shape index (κ1) is 20.3. The van der Waals surface area contributed by atoms with E-state index in [-0.39, 0.29) is 36.3 Å². The smallest absolute Gasteiger partial charge is 0.271 e. The number of benzene rings is 2. The van der Waals surface area contributed by atoms with Gasteiger partial charge in [-0.1, -0.05) is 18.2 Å². The fourth-order valence-electron chi connectivity index (χ4n) is 3.08. The fourth-order valence-corrected chi connectivity index (χ4v) is 3.08. The maximum absolute atomic E-state index is 12.6. The summed E-state index contributed by atoms with van der Waals surface area (Å²) in [6.45, 7) is 5.16. The van der Waals surface area contributed by atoms with Gasteiger partial charge < -0.3 is 10.2 Å². The molecule has 3 amide bonds. The first-order valence-corrected chi connectivity index (χ1v) is 9.69. The average molecular weight is 392 g/mol. The molecule has 1 N–H and O–H groups in total. The Kier molecular flexibility index (Phi) is 6.39. The van der Waals surface area contributed by atoms with E-state index in [1.54, 1.807) is 41.3 Å². The third-order valence-corrected chi connectivity index (χ3v) is 4.74. The number of para-hydroxylation sites is 1. The van der Waals surface area contributed by atoms with Crippen molar-refractivity contribution in [2.24, 2.45) is 5.10 Å². The lowest BCUT2D eigenvalue weighted by atomic mass is 10.1. The molecule has 0 atom stereocenters. The van der Waals surface area contributed by atoms with Crippen molar-refractivity contribution in [1.29, 1.82) is 0 Å². The lowest BCUT2D eigenvalue weighted by Gasteiger charge is -2.23. The van der Waals surface area contributed by atoms with E-state index in [9.17, 15) is 14.4 Å². The number of nitrogens with zero attached hydrogens (tertiary/aromatic N) is 3. The molecule has 0 radical (unpaired) electrons. The molecule has 0 fully saturated rings. The zero-order valence-electron chi connectivity index (χ0n) is 16.6. The lowest BCUT2D eigenvalue weighted by Crippen LogP contribution is -2.36. The predicted octanol–water partition coefficient (Wildman–Crippen LogP) is 3.29. The highest BCUT2D eigenvalue weighted by molar-refractivity contribution is 6.44. The van der Waals surface area contributed by atoms with E-state index in [0.717, 1.165) is 0 Å². The standard InChI is InChI=1S/C22H24N4O3/c1-3-25(4-2)22(29)16-10-12-17(13-11-16)23-21(28)19-14-15-20(27)26(24-19)18-8-6-5-7-9-18/h5-13H,3-4,14-15H2,1-2H3,(H,23,28). The van der Waals surface area contributed by atoms with Crippen LogP contribution >= 0.6 is 0 Å². The molecule has 0 saturated carbocycles. The molecule has 2 aromatic rings. The van der Waals surface area contributed by atoms with Gasteiger partial charge in [-0.3, -0.25) is 14.4 Å². The number of hydrogen-bond donors (Lipinski definition) is 1. The molecular weight excluding hydrogens is 368 g/mol. The molecule has 7 heteroatoms. The highest BCUT2D eigenvalue weighted by atomic mass is 16.2. The zero-order valence-corrected chi connectivity index (χ0v) is 16.6. The third kappa shape index (κ3) is 4.68. The van der Waals surface area contributed by atoms with Crippen LogP contribution in [0.3, 0.4) is 0 Å². The second-order valence-electron chi connectivity index (χ2n) is 6.60. The van der Waals surface area contributed by atoms with Crippen LogP contribution in [-0.4, -0.2) is 41.4 Å². The van der Waals surface area contributed by atoms with Gasteiger partial charge in [0.25, 0.3) is 11.8 Å². The monoisotopic (exact) mass is 392 g/mol. The number of hydrogen-bond acceptors (Lipinski definition) is 4. The van der Waals surface area contributed by atoms with Crippen LogP contribution in [0.5, 0.6) is 0 Å². The van der Waals surface area contributed by atoms with Crippen molar-refractivity contribution >= 4 is 34.8 Å². The van der Waals surface area contributed by atoms with Crippen molar-refractivity contribution in [3.63, 3.8) is 0 Å². The largest absolute Gasteiger partial charge is 0.339 e. The van der Waals surface area contributed by atoms with Gasteiger partial charge in [0.2, 0.25) is 5.91 Å². The van der Waals surface area contributed by atoms with Crippen molar-refractivity contribution in [2.75, 3.05) is 23.4 Å². The summed E-state index contributed by atoms with van der Waals surface area (Å²) in [5, 5.41) is 8.31. The predicted molar refractivity (Wildman–Crippen MR) is 113 cm³/mol. The Labute approximate surface area is 170 Å². The summed E-state index contributed by atoms with van der Waals surface area (Å²) >= 11 is 0. The Balaban J connectivity index is 1.71. The molecule has 3 rings (SSSR count). The van der Waals surface area contributed by atoms with Gasteiger partial charge in [0, 0.05) is 37.2 Å². The van der Waals surface area contributed by atoms with Crippen molar-refractivity contribution < 1.29 is 14.4 Å². The Morgan fingerprint density at radius 3 is 2.28 bits per heavy atom. The van der Waals surface area contributed by atoms with Crippen molar-refractivity contribution in [3.8, 4) is 0 Å². The summed E-state index contributed by atoms with van der Waals surface area (Å²) in [5.74, 6) is -0.546. The van der Waals surface area contributed by atoms with Gasteiger partial charge >= 0.3 is 0 Å². The van der Waals surface area contributed by atoms with Crippen LogP contribution in [-0.2, 0) is 9.59 Å². The molecule has 1 aliphatic rings. The Morgan fingerprint density at radius 1 is 1.00 bits per heavy atom. The minimum atomic E-state index is -0.360. The molecule has 150 valence electrons. The molecule has 2 aromatic carbocycles. The SMILES string of the molecule is CCN(CC)C(=O)c1ccc(NC(=O)C2=NN(c3ccccc3)C(=O)CC2)cc1. The van der Waals surface area contributed by atoms with E-state index in [1.807, 2.05) is 32.0 Å². The van der Waals surface area contributed by atoms with Gasteiger partial charge in [0.15, 0.2) is 0 Å². The quantitative estimate of drug-likeness (QED) is 0.819. The molecular formula is C22H24N4O3. The summed E-state index contributed by atoms with van der Waals surface area (Å²) in [6, 6.07) is 15.8. The molecule has 29 heavy (non-hydrogen) atoms. The van der Waals surface area contributed by atoms with Crippen molar-refractivity contribution in [2.45, 2.75) is 26.7 Å². The number of rotatable bonds is 6. The van der Waals surface area contributed by atoms with Gasteiger partial charge in [-0.25, -0.2) is 5.01 Å². The summed E-state index contributed by atoms with van der Waals surface area (Å²) in [4.78, 5) is 38.9. The van der Waals surface area contributed by atoms with Crippen molar-refractivity contribution in [1.82, 2.24) is 4.90 Å². The number of carbonyl (C=O) groups excluding carboxylic acids is 3. The van der Waals surface area contributed by atoms with Gasteiger partial charge in [0.05, 0.1) is 5.69 Å². The van der Waals surface area contributed by atoms with Gasteiger partial charge in [-0.2, -0.15) is 5.10 Å². The molecule has 7 nitrogen and oxygen atoms in total. The normalized spacial score (nSPS) is 13.7. The van der Waals surface area contributed by atoms with Crippen LogP contribution in [0.4, 0.5) is 11.4 Å². The Bertz CT molecular complexity index is 919. The number of anilines is 2. The van der Waals surface area contributed by atoms with E-state index >= 15 is 0 Å². The molecule has 0 spiro atoms. The second-order valence-corrected chi connectivity index (χ2v) is 6.60. The molecule has 0 bridgehead atoms. The highest BCUT2D eigenvalue weighted by Gasteiger charge is 2.25. The molecule has 0 saturated heterocycles. The number of hydrazone groups is 1. The highest BCUT2D eigenvalue weighted by Crippen LogP contribution is 2.20. The lowest BCUT2D eigenvalue weighted by molar-refractivity contribution is -0.118. The van der Waals surface area contributed by atoms with Crippen LogP contribution in [0.1, 0.15) is 37.0 Å². The third-order valence-electron chi connectivity index (χ3n) is 4.74. The fraction of sp³-hybridized carbons (Fsp3) is 0.273. The van der Waals surface area contributed by atoms with Gasteiger partial charge in [0.1, 0.15) is 5.71 Å². The molecule has 0 aromatic heterocycles. The van der Waals surface area contributed by atoms with E-state index in [2.05, 4.69) is 10.4 Å². The maximum Gasteiger partial charge on any atom is 0.271 e. The molecule has 1 aliphatic heterocycles. The minimum Gasteiger partial charge on any atom is -0.339 e. The van der Waals surface area contributed by atoms with Crippen LogP contribution in [0.25, 0.3) is 0 Å². The average Bonchev–Trinajstić information content (AvgIpc) is 2.76. The summed E-state index contributed by atoms with van der Waals surface area (Å²) in [5.41, 5.74) is 2.05. The van der Waals surface area contributed by atoms with Crippen molar-refractivity contribution in [3.05, 3.63) is 60.2 Å². The number of amides is 3. The molecule has 1 heterocycles. The van der Waals surface area contributed by atoms with Crippen LogP contribution in [0.2, 0.25) is 0 Å². The maximum atomic E-state index is 12.6. The van der Waals surface area contributed by atoms with Gasteiger partial charge in [-0.15, -0.1) is 0 Å². The summed E-state index contributed by atoms with van der Waals surface area (Å²) in [6.07, 6.45) is 0.505. The van der Waals surface area contributed by atoms with Crippen LogP contribution in [0.15, 0.2) is 59.7 Å². The Morgan fingerprint density at radius 2 is 1.66 bits per heavy atom. The topological polar surface area (TPSA) is 82.1 Å². The van der Waals surface area contributed by atoms with E-state index in [4.69, 9.17) is 0 Å². The van der Waals surface area contributed by atoms with Gasteiger partial charge in [-0.05, 0) is 50.2 Å². The molecule has 0 aliphatic carbocycles. The minimum absolute atomic E-state index is 0.0402. The zero-order chi connectivity index (χ0) is 20.8. The van der Waals surface area contributed by atoms with Crippen LogP contribution in [0, 0.1) is 0 Å². The van der Waals surface area contributed by atoms with E-state index < -0.39 is 0 Å². The molecule has 0 unspecified atom stereocenters. The number of nitrogens with one attached hydrogen (secondary N) is 1. The number of carbonyl (C=O) groups is 3. The first-order chi connectivity index (χ1) is 14.0. The second kappa shape index (κ2) is 9.14. The summed E-state index contributed by atoms with van der Waals surface area (Å²) in [7, 11) is 0. The van der Waals surface area contributed by atoms with Crippen LogP contribution < -0.4 is 10.3 Å². The Hall–Kier alpha value is -3.48.